The van der Waals surface area contributed by atoms with Crippen LogP contribution < -0.4 is 10.1 Å². The molecular weight excluding hydrogens is 344 g/mol. The molecule has 2 heterocycles. The van der Waals surface area contributed by atoms with Gasteiger partial charge in [0.1, 0.15) is 25.0 Å². The largest absolute Gasteiger partial charge is 0.491 e. The lowest BCUT2D eigenvalue weighted by atomic mass is 10.2. The van der Waals surface area contributed by atoms with Gasteiger partial charge in [0.05, 0.1) is 11.8 Å². The van der Waals surface area contributed by atoms with E-state index in [4.69, 9.17) is 9.47 Å². The van der Waals surface area contributed by atoms with E-state index in [0.717, 1.165) is 25.1 Å². The summed E-state index contributed by atoms with van der Waals surface area (Å²) in [5.74, 6) is 0.478. The molecule has 1 N–H and O–H groups in total. The van der Waals surface area contributed by atoms with Gasteiger partial charge >= 0.3 is 0 Å². The summed E-state index contributed by atoms with van der Waals surface area (Å²) in [5, 5.41) is 6.97. The van der Waals surface area contributed by atoms with E-state index in [1.54, 1.807) is 23.1 Å². The summed E-state index contributed by atoms with van der Waals surface area (Å²) in [5.41, 5.74) is 2.12. The zero-order valence-electron chi connectivity index (χ0n) is 14.7. The molecule has 0 radical (unpaired) electrons. The van der Waals surface area contributed by atoms with Crippen LogP contribution in [0.25, 0.3) is 5.69 Å². The number of benzene rings is 2. The van der Waals surface area contributed by atoms with Crippen molar-refractivity contribution < 1.29 is 14.3 Å². The van der Waals surface area contributed by atoms with Crippen molar-refractivity contribution >= 4 is 11.6 Å². The van der Waals surface area contributed by atoms with E-state index in [2.05, 4.69) is 15.4 Å². The third-order valence-corrected chi connectivity index (χ3v) is 4.36. The molecule has 7 heteroatoms. The molecular formula is C20H20N4O3. The molecule has 0 spiro atoms. The monoisotopic (exact) mass is 364 g/mol. The number of ether oxygens (including phenoxy) is 2. The number of nitrogens with one attached hydrogen (secondary N) is 1. The lowest BCUT2D eigenvalue weighted by molar-refractivity contribution is 0.0679. The Morgan fingerprint density at radius 2 is 2.15 bits per heavy atom. The molecule has 27 heavy (non-hydrogen) atoms. The number of anilines is 1. The van der Waals surface area contributed by atoms with Crippen molar-refractivity contribution in [2.75, 3.05) is 18.5 Å². The Balaban J connectivity index is 1.38. The van der Waals surface area contributed by atoms with Crippen LogP contribution >= 0.6 is 0 Å². The molecule has 4 rings (SSSR count). The molecule has 0 aliphatic carbocycles. The Hall–Kier alpha value is -3.19. The molecule has 3 aromatic rings. The van der Waals surface area contributed by atoms with E-state index in [1.165, 1.54) is 6.33 Å². The van der Waals surface area contributed by atoms with Crippen molar-refractivity contribution in [3.8, 4) is 11.4 Å². The Kier molecular flexibility index (Phi) is 5.11. The summed E-state index contributed by atoms with van der Waals surface area (Å²) in [4.78, 5) is 16.4. The minimum absolute atomic E-state index is 0.144. The second kappa shape index (κ2) is 8.01. The third kappa shape index (κ3) is 4.32. The summed E-state index contributed by atoms with van der Waals surface area (Å²) in [7, 11) is 0. The average Bonchev–Trinajstić information content (AvgIpc) is 3.41. The molecule has 0 saturated carbocycles. The highest BCUT2D eigenvalue weighted by molar-refractivity contribution is 6.04. The lowest BCUT2D eigenvalue weighted by Crippen LogP contribution is -2.17. The normalized spacial score (nSPS) is 16.2. The van der Waals surface area contributed by atoms with Crippen molar-refractivity contribution in [2.24, 2.45) is 0 Å². The van der Waals surface area contributed by atoms with Crippen LogP contribution in [0.15, 0.2) is 61.2 Å². The summed E-state index contributed by atoms with van der Waals surface area (Å²) >= 11 is 0. The van der Waals surface area contributed by atoms with Gasteiger partial charge in [0, 0.05) is 17.9 Å². The smallest absolute Gasteiger partial charge is 0.255 e. The number of amides is 1. The Morgan fingerprint density at radius 1 is 1.26 bits per heavy atom. The molecule has 1 saturated heterocycles. The second-order valence-electron chi connectivity index (χ2n) is 6.31. The number of hydrogen-bond acceptors (Lipinski definition) is 5. The highest BCUT2D eigenvalue weighted by atomic mass is 16.5. The van der Waals surface area contributed by atoms with E-state index in [9.17, 15) is 4.79 Å². The molecule has 0 bridgehead atoms. The molecule has 7 nitrogen and oxygen atoms in total. The summed E-state index contributed by atoms with van der Waals surface area (Å²) in [6, 6.07) is 14.6. The first-order valence-corrected chi connectivity index (χ1v) is 8.89. The Morgan fingerprint density at radius 3 is 2.89 bits per heavy atom. The van der Waals surface area contributed by atoms with E-state index in [0.29, 0.717) is 23.6 Å². The quantitative estimate of drug-likeness (QED) is 0.727. The minimum Gasteiger partial charge on any atom is -0.491 e. The van der Waals surface area contributed by atoms with Gasteiger partial charge in [-0.1, -0.05) is 6.07 Å². The van der Waals surface area contributed by atoms with Crippen LogP contribution in [0.4, 0.5) is 5.69 Å². The first-order chi connectivity index (χ1) is 13.3. The number of hydrogen-bond donors (Lipinski definition) is 1. The van der Waals surface area contributed by atoms with Crippen LogP contribution in [0.5, 0.6) is 5.75 Å². The fourth-order valence-electron chi connectivity index (χ4n) is 2.93. The van der Waals surface area contributed by atoms with Crippen LogP contribution in [0, 0.1) is 0 Å². The highest BCUT2D eigenvalue weighted by Gasteiger charge is 2.16. The third-order valence-electron chi connectivity index (χ3n) is 4.36. The van der Waals surface area contributed by atoms with Gasteiger partial charge in [-0.2, -0.15) is 5.10 Å². The van der Waals surface area contributed by atoms with E-state index >= 15 is 0 Å². The van der Waals surface area contributed by atoms with Gasteiger partial charge < -0.3 is 14.8 Å². The molecule has 1 fully saturated rings. The first-order valence-electron chi connectivity index (χ1n) is 8.89. The number of carbonyl (C=O) groups excluding carboxylic acids is 1. The lowest BCUT2D eigenvalue weighted by Gasteiger charge is -2.12. The van der Waals surface area contributed by atoms with Crippen LogP contribution in [0.3, 0.4) is 0 Å². The van der Waals surface area contributed by atoms with E-state index in [1.807, 2.05) is 36.4 Å². The molecule has 2 aromatic carbocycles. The number of aromatic nitrogens is 3. The SMILES string of the molecule is O=C(Nc1ccc(-n2cncn2)cc1)c1cccc(OCC2CCCO2)c1. The molecule has 1 amide bonds. The van der Waals surface area contributed by atoms with Crippen molar-refractivity contribution in [2.45, 2.75) is 18.9 Å². The molecule has 1 aromatic heterocycles. The van der Waals surface area contributed by atoms with Crippen LogP contribution in [0.2, 0.25) is 0 Å². The number of carbonyl (C=O) groups is 1. The predicted molar refractivity (Wildman–Crippen MR) is 100 cm³/mol. The summed E-state index contributed by atoms with van der Waals surface area (Å²) in [6.07, 6.45) is 5.34. The molecule has 1 aliphatic heterocycles. The van der Waals surface area contributed by atoms with Gasteiger partial charge in [-0.25, -0.2) is 9.67 Å². The van der Waals surface area contributed by atoms with E-state index in [-0.39, 0.29) is 12.0 Å². The van der Waals surface area contributed by atoms with Gasteiger partial charge in [0.2, 0.25) is 0 Å². The molecule has 1 aliphatic rings. The van der Waals surface area contributed by atoms with Crippen molar-refractivity contribution in [1.82, 2.24) is 14.8 Å². The Labute approximate surface area is 156 Å². The highest BCUT2D eigenvalue weighted by Crippen LogP contribution is 2.19. The summed E-state index contributed by atoms with van der Waals surface area (Å²) < 4.78 is 13.0. The van der Waals surface area contributed by atoms with Crippen LogP contribution in [-0.2, 0) is 4.74 Å². The molecule has 1 unspecified atom stereocenters. The zero-order valence-corrected chi connectivity index (χ0v) is 14.7. The van der Waals surface area contributed by atoms with Gasteiger partial charge in [0.15, 0.2) is 0 Å². The maximum atomic E-state index is 12.5. The van der Waals surface area contributed by atoms with Gasteiger partial charge in [-0.15, -0.1) is 0 Å². The fraction of sp³-hybridized carbons (Fsp3) is 0.250. The molecule has 138 valence electrons. The van der Waals surface area contributed by atoms with Crippen LogP contribution in [0.1, 0.15) is 23.2 Å². The second-order valence-corrected chi connectivity index (χ2v) is 6.31. The van der Waals surface area contributed by atoms with Gasteiger partial charge in [-0.05, 0) is 55.3 Å². The molecule has 1 atom stereocenters. The van der Waals surface area contributed by atoms with Gasteiger partial charge in [-0.3, -0.25) is 4.79 Å². The van der Waals surface area contributed by atoms with Crippen molar-refractivity contribution in [3.63, 3.8) is 0 Å². The standard InChI is InChI=1S/C20H20N4O3/c25-20(23-16-6-8-17(9-7-16)24-14-21-13-22-24)15-3-1-4-18(11-15)27-12-19-5-2-10-26-19/h1,3-4,6-9,11,13-14,19H,2,5,10,12H2,(H,23,25). The summed E-state index contributed by atoms with van der Waals surface area (Å²) in [6.45, 7) is 1.31. The number of rotatable bonds is 6. The van der Waals surface area contributed by atoms with Crippen molar-refractivity contribution in [3.05, 3.63) is 66.7 Å². The fourth-order valence-corrected chi connectivity index (χ4v) is 2.93. The van der Waals surface area contributed by atoms with Crippen LogP contribution in [-0.4, -0.2) is 40.0 Å². The predicted octanol–water partition coefficient (Wildman–Crippen LogP) is 3.08. The van der Waals surface area contributed by atoms with Crippen molar-refractivity contribution in [1.29, 1.82) is 0 Å². The number of nitrogens with zero attached hydrogens (tertiary/aromatic N) is 3. The minimum atomic E-state index is -0.189. The zero-order chi connectivity index (χ0) is 18.5. The topological polar surface area (TPSA) is 78.3 Å². The maximum absolute atomic E-state index is 12.5. The maximum Gasteiger partial charge on any atom is 0.255 e. The average molecular weight is 364 g/mol. The van der Waals surface area contributed by atoms with Gasteiger partial charge in [0.25, 0.3) is 5.91 Å². The Bertz CT molecular complexity index is 888. The first kappa shape index (κ1) is 17.2. The van der Waals surface area contributed by atoms with E-state index < -0.39 is 0 Å².